The van der Waals surface area contributed by atoms with Crippen molar-refractivity contribution >= 4 is 17.5 Å². The van der Waals surface area contributed by atoms with Crippen LogP contribution in [-0.2, 0) is 0 Å². The molecule has 2 rings (SSSR count). The summed E-state index contributed by atoms with van der Waals surface area (Å²) in [4.78, 5) is 14.8. The van der Waals surface area contributed by atoms with E-state index in [1.807, 2.05) is 31.2 Å². The van der Waals surface area contributed by atoms with E-state index < -0.39 is 5.56 Å². The fourth-order valence-corrected chi connectivity index (χ4v) is 1.24. The number of hydrogen-bond acceptors (Lipinski definition) is 5. The average molecular weight is 217 g/mol. The summed E-state index contributed by atoms with van der Waals surface area (Å²) in [5.41, 5.74) is 6.81. The number of aromatic amines is 1. The van der Waals surface area contributed by atoms with E-state index in [0.717, 1.165) is 11.3 Å². The van der Waals surface area contributed by atoms with Gasteiger partial charge in [-0.2, -0.15) is 4.98 Å². The normalized spacial score (nSPS) is 10.1. The van der Waals surface area contributed by atoms with Crippen molar-refractivity contribution in [3.05, 3.63) is 40.2 Å². The largest absolute Gasteiger partial charge is 0.379 e. The molecule has 0 atom stereocenters. The Balaban J connectivity index is 2.31. The van der Waals surface area contributed by atoms with E-state index in [4.69, 9.17) is 5.73 Å². The molecule has 0 saturated heterocycles. The fourth-order valence-electron chi connectivity index (χ4n) is 1.24. The Labute approximate surface area is 91.5 Å². The quantitative estimate of drug-likeness (QED) is 0.691. The molecule has 4 N–H and O–H groups in total. The molecule has 16 heavy (non-hydrogen) atoms. The molecule has 0 aliphatic rings. The maximum absolute atomic E-state index is 11.0. The Morgan fingerprint density at radius 3 is 2.81 bits per heavy atom. The summed E-state index contributed by atoms with van der Waals surface area (Å²) in [6, 6.07) is 7.67. The number of rotatable bonds is 2. The van der Waals surface area contributed by atoms with Gasteiger partial charge in [-0.05, 0) is 18.6 Å². The van der Waals surface area contributed by atoms with Gasteiger partial charge in [0.25, 0.3) is 0 Å². The Hall–Kier alpha value is -2.37. The van der Waals surface area contributed by atoms with Gasteiger partial charge in [0, 0.05) is 5.69 Å². The number of para-hydroxylation sites is 1. The monoisotopic (exact) mass is 217 g/mol. The molecule has 6 heteroatoms. The summed E-state index contributed by atoms with van der Waals surface area (Å²) >= 11 is 0. The standard InChI is InChI=1S/C10H11N5O/c1-6-4-2-3-5-7(6)12-10-13-8(11)9(16)14-15-10/h2-5H,1H3,(H,14,16)(H3,11,12,13,15). The Bertz CT molecular complexity index is 563. The summed E-state index contributed by atoms with van der Waals surface area (Å²) in [6.07, 6.45) is 0. The lowest BCUT2D eigenvalue weighted by Crippen LogP contribution is -2.17. The van der Waals surface area contributed by atoms with Crippen LogP contribution in [0.3, 0.4) is 0 Å². The highest BCUT2D eigenvalue weighted by atomic mass is 16.1. The lowest BCUT2D eigenvalue weighted by atomic mass is 10.2. The molecular weight excluding hydrogens is 206 g/mol. The van der Waals surface area contributed by atoms with Crippen LogP contribution in [-0.4, -0.2) is 15.2 Å². The molecule has 0 fully saturated rings. The zero-order valence-electron chi connectivity index (χ0n) is 8.69. The summed E-state index contributed by atoms with van der Waals surface area (Å²) < 4.78 is 0. The van der Waals surface area contributed by atoms with Crippen LogP contribution in [0, 0.1) is 6.92 Å². The van der Waals surface area contributed by atoms with Crippen molar-refractivity contribution in [1.82, 2.24) is 15.2 Å². The van der Waals surface area contributed by atoms with Gasteiger partial charge in [-0.15, -0.1) is 5.10 Å². The zero-order chi connectivity index (χ0) is 11.5. The molecule has 0 unspecified atom stereocenters. The minimum Gasteiger partial charge on any atom is -0.379 e. The van der Waals surface area contributed by atoms with E-state index >= 15 is 0 Å². The maximum Gasteiger partial charge on any atom is 0.306 e. The van der Waals surface area contributed by atoms with Crippen molar-refractivity contribution in [1.29, 1.82) is 0 Å². The van der Waals surface area contributed by atoms with Crippen molar-refractivity contribution in [2.24, 2.45) is 0 Å². The van der Waals surface area contributed by atoms with Crippen molar-refractivity contribution < 1.29 is 0 Å². The van der Waals surface area contributed by atoms with Crippen LogP contribution < -0.4 is 16.6 Å². The molecule has 1 heterocycles. The molecule has 82 valence electrons. The molecule has 1 aromatic heterocycles. The number of nitrogen functional groups attached to an aromatic ring is 1. The highest BCUT2D eigenvalue weighted by Gasteiger charge is 2.02. The van der Waals surface area contributed by atoms with Crippen LogP contribution in [0.1, 0.15) is 5.56 Å². The number of nitrogens with one attached hydrogen (secondary N) is 2. The molecule has 0 bridgehead atoms. The second-order valence-corrected chi connectivity index (χ2v) is 3.31. The molecule has 0 radical (unpaired) electrons. The van der Waals surface area contributed by atoms with E-state index in [-0.39, 0.29) is 11.8 Å². The van der Waals surface area contributed by atoms with Gasteiger partial charge in [0.15, 0.2) is 5.82 Å². The SMILES string of the molecule is Cc1ccccc1Nc1n[nH]c(=O)c(N)n1. The third-order valence-corrected chi connectivity index (χ3v) is 2.11. The molecule has 0 aliphatic heterocycles. The highest BCUT2D eigenvalue weighted by Crippen LogP contribution is 2.16. The smallest absolute Gasteiger partial charge is 0.306 e. The van der Waals surface area contributed by atoms with Crippen molar-refractivity contribution in [2.75, 3.05) is 11.1 Å². The van der Waals surface area contributed by atoms with Crippen LogP contribution in [0.25, 0.3) is 0 Å². The lowest BCUT2D eigenvalue weighted by Gasteiger charge is -2.06. The van der Waals surface area contributed by atoms with Crippen LogP contribution in [0.15, 0.2) is 29.1 Å². The van der Waals surface area contributed by atoms with Crippen LogP contribution in [0.5, 0.6) is 0 Å². The predicted octanol–water partition coefficient (Wildman–Crippen LogP) is 0.799. The van der Waals surface area contributed by atoms with Crippen LogP contribution in [0.2, 0.25) is 0 Å². The molecule has 2 aromatic rings. The number of aryl methyl sites for hydroxylation is 1. The second kappa shape index (κ2) is 4.01. The average Bonchev–Trinajstić information content (AvgIpc) is 2.27. The Morgan fingerprint density at radius 1 is 1.38 bits per heavy atom. The highest BCUT2D eigenvalue weighted by molar-refractivity contribution is 5.58. The summed E-state index contributed by atoms with van der Waals surface area (Å²) in [6.45, 7) is 1.96. The number of aromatic nitrogens is 3. The number of nitrogens with two attached hydrogens (primary N) is 1. The number of anilines is 3. The minimum atomic E-state index is -0.490. The van der Waals surface area contributed by atoms with Gasteiger partial charge in [-0.25, -0.2) is 5.10 Å². The van der Waals surface area contributed by atoms with Crippen LogP contribution >= 0.6 is 0 Å². The number of nitrogens with zero attached hydrogens (tertiary/aromatic N) is 2. The first-order valence-corrected chi connectivity index (χ1v) is 4.71. The molecule has 6 nitrogen and oxygen atoms in total. The van der Waals surface area contributed by atoms with E-state index in [1.54, 1.807) is 0 Å². The van der Waals surface area contributed by atoms with Gasteiger partial charge in [-0.3, -0.25) is 4.79 Å². The first-order chi connectivity index (χ1) is 7.66. The Morgan fingerprint density at radius 2 is 2.12 bits per heavy atom. The van der Waals surface area contributed by atoms with Gasteiger partial charge in [0.2, 0.25) is 5.95 Å². The number of hydrogen-bond donors (Lipinski definition) is 3. The number of benzene rings is 1. The fraction of sp³-hybridized carbons (Fsp3) is 0.100. The first-order valence-electron chi connectivity index (χ1n) is 4.71. The molecule has 0 spiro atoms. The number of H-pyrrole nitrogens is 1. The summed E-state index contributed by atoms with van der Waals surface area (Å²) in [7, 11) is 0. The first kappa shape index (κ1) is 10.2. The van der Waals surface area contributed by atoms with E-state index in [9.17, 15) is 4.79 Å². The summed E-state index contributed by atoms with van der Waals surface area (Å²) in [5.74, 6) is 0.164. The topological polar surface area (TPSA) is 96.7 Å². The zero-order valence-corrected chi connectivity index (χ0v) is 8.69. The van der Waals surface area contributed by atoms with E-state index in [2.05, 4.69) is 20.5 Å². The summed E-state index contributed by atoms with van der Waals surface area (Å²) in [5, 5.41) is 8.96. The minimum absolute atomic E-state index is 0.105. The van der Waals surface area contributed by atoms with Gasteiger partial charge in [0.1, 0.15) is 0 Å². The van der Waals surface area contributed by atoms with Crippen molar-refractivity contribution in [3.63, 3.8) is 0 Å². The van der Waals surface area contributed by atoms with Gasteiger partial charge in [0.05, 0.1) is 0 Å². The molecule has 0 saturated carbocycles. The molecule has 1 aromatic carbocycles. The molecule has 0 amide bonds. The Kier molecular flexibility index (Phi) is 2.55. The van der Waals surface area contributed by atoms with Gasteiger partial charge in [-0.1, -0.05) is 18.2 Å². The van der Waals surface area contributed by atoms with Crippen LogP contribution in [0.4, 0.5) is 17.5 Å². The van der Waals surface area contributed by atoms with Gasteiger partial charge >= 0.3 is 5.56 Å². The van der Waals surface area contributed by atoms with E-state index in [1.165, 1.54) is 0 Å². The maximum atomic E-state index is 11.0. The molecular formula is C10H11N5O. The van der Waals surface area contributed by atoms with Crippen molar-refractivity contribution in [2.45, 2.75) is 6.92 Å². The lowest BCUT2D eigenvalue weighted by molar-refractivity contribution is 0.948. The third-order valence-electron chi connectivity index (χ3n) is 2.11. The van der Waals surface area contributed by atoms with Crippen molar-refractivity contribution in [3.8, 4) is 0 Å². The van der Waals surface area contributed by atoms with E-state index in [0.29, 0.717) is 0 Å². The predicted molar refractivity (Wildman–Crippen MR) is 61.5 cm³/mol. The molecule has 0 aliphatic carbocycles. The second-order valence-electron chi connectivity index (χ2n) is 3.31. The van der Waals surface area contributed by atoms with Gasteiger partial charge < -0.3 is 11.1 Å². The third kappa shape index (κ3) is 2.00.